The van der Waals surface area contributed by atoms with Crippen LogP contribution in [0.4, 0.5) is 0 Å². The molecule has 25 heavy (non-hydrogen) atoms. The Morgan fingerprint density at radius 3 is 2.84 bits per heavy atom. The van der Waals surface area contributed by atoms with Gasteiger partial charge in [0.2, 0.25) is 0 Å². The topological polar surface area (TPSA) is 51.3 Å². The Labute approximate surface area is 146 Å². The predicted molar refractivity (Wildman–Crippen MR) is 96.7 cm³/mol. The standard InChI is InChI=1S/C21H21NO3/c1-14(23)25-17-8-10-21-19(12-17)18-11-16(7-9-20(18)22-21)24-13-15-5-3-2-4-6-15/h2-7,9,11,17,22H,8,10,12-13H2,1H3/t17-/m1/s1. The number of nitrogens with one attached hydrogen (secondary N) is 1. The molecule has 1 atom stereocenters. The number of aromatic nitrogens is 1. The molecular formula is C21H21NO3. The summed E-state index contributed by atoms with van der Waals surface area (Å²) in [5, 5.41) is 1.16. The maximum atomic E-state index is 11.2. The molecule has 0 bridgehead atoms. The summed E-state index contributed by atoms with van der Waals surface area (Å²) in [5.41, 5.74) is 4.76. The number of hydrogen-bond acceptors (Lipinski definition) is 3. The second-order valence-electron chi connectivity index (χ2n) is 6.54. The highest BCUT2D eigenvalue weighted by Gasteiger charge is 2.24. The van der Waals surface area contributed by atoms with Crippen LogP contribution in [0.3, 0.4) is 0 Å². The van der Waals surface area contributed by atoms with Crippen LogP contribution in [0.2, 0.25) is 0 Å². The summed E-state index contributed by atoms with van der Waals surface area (Å²) in [6.07, 6.45) is 2.51. The molecule has 1 N–H and O–H groups in total. The van der Waals surface area contributed by atoms with Gasteiger partial charge in [0.25, 0.3) is 0 Å². The minimum absolute atomic E-state index is 0.0297. The van der Waals surface area contributed by atoms with Crippen molar-refractivity contribution in [3.05, 3.63) is 65.4 Å². The summed E-state index contributed by atoms with van der Waals surface area (Å²) in [6.45, 7) is 2.02. The van der Waals surface area contributed by atoms with Crippen LogP contribution < -0.4 is 4.74 Å². The maximum Gasteiger partial charge on any atom is 0.302 e. The number of benzene rings is 2. The molecular weight excluding hydrogens is 314 g/mol. The van der Waals surface area contributed by atoms with Crippen molar-refractivity contribution >= 4 is 16.9 Å². The highest BCUT2D eigenvalue weighted by molar-refractivity contribution is 5.86. The number of H-pyrrole nitrogens is 1. The van der Waals surface area contributed by atoms with Crippen molar-refractivity contribution in [1.82, 2.24) is 4.98 Å². The first-order chi connectivity index (χ1) is 12.2. The number of carbonyl (C=O) groups is 1. The molecule has 4 heteroatoms. The second-order valence-corrected chi connectivity index (χ2v) is 6.54. The molecule has 0 aliphatic heterocycles. The summed E-state index contributed by atoms with van der Waals surface area (Å²) < 4.78 is 11.4. The number of esters is 1. The molecule has 0 saturated heterocycles. The summed E-state index contributed by atoms with van der Waals surface area (Å²) in [4.78, 5) is 14.7. The zero-order chi connectivity index (χ0) is 17.2. The van der Waals surface area contributed by atoms with Crippen LogP contribution in [-0.4, -0.2) is 17.1 Å². The second kappa shape index (κ2) is 6.63. The summed E-state index contributed by atoms with van der Waals surface area (Å²) >= 11 is 0. The van der Waals surface area contributed by atoms with Crippen LogP contribution in [0, 0.1) is 0 Å². The van der Waals surface area contributed by atoms with Crippen LogP contribution >= 0.6 is 0 Å². The van der Waals surface area contributed by atoms with Crippen LogP contribution in [0.25, 0.3) is 10.9 Å². The normalized spacial score (nSPS) is 16.4. The van der Waals surface area contributed by atoms with Gasteiger partial charge in [0.15, 0.2) is 0 Å². The molecule has 0 radical (unpaired) electrons. The average Bonchev–Trinajstić information content (AvgIpc) is 2.98. The number of hydrogen-bond donors (Lipinski definition) is 1. The van der Waals surface area contributed by atoms with Crippen molar-refractivity contribution in [2.45, 2.75) is 38.9 Å². The van der Waals surface area contributed by atoms with Gasteiger partial charge in [-0.2, -0.15) is 0 Å². The van der Waals surface area contributed by atoms with Crippen molar-refractivity contribution in [1.29, 1.82) is 0 Å². The lowest BCUT2D eigenvalue weighted by molar-refractivity contribution is -0.146. The van der Waals surface area contributed by atoms with Gasteiger partial charge in [0.05, 0.1) is 0 Å². The molecule has 1 aliphatic rings. The minimum Gasteiger partial charge on any atom is -0.489 e. The molecule has 1 aliphatic carbocycles. The Balaban J connectivity index is 1.57. The zero-order valence-electron chi connectivity index (χ0n) is 14.2. The van der Waals surface area contributed by atoms with E-state index in [0.29, 0.717) is 6.61 Å². The number of carbonyl (C=O) groups excluding carboxylic acids is 1. The largest absolute Gasteiger partial charge is 0.489 e. The Morgan fingerprint density at radius 2 is 2.04 bits per heavy atom. The Hall–Kier alpha value is -2.75. The first-order valence-electron chi connectivity index (χ1n) is 8.66. The molecule has 4 rings (SSSR count). The molecule has 4 nitrogen and oxygen atoms in total. The van der Waals surface area contributed by atoms with E-state index >= 15 is 0 Å². The first kappa shape index (κ1) is 15.8. The SMILES string of the molecule is CC(=O)O[C@@H]1CCc2[nH]c3ccc(OCc4ccccc4)cc3c2C1. The number of fused-ring (bicyclic) bond motifs is 3. The molecule has 3 aromatic rings. The third-order valence-electron chi connectivity index (χ3n) is 4.70. The molecule has 0 amide bonds. The third-order valence-corrected chi connectivity index (χ3v) is 4.70. The molecule has 2 aromatic carbocycles. The van der Waals surface area contributed by atoms with Crippen LogP contribution in [0.15, 0.2) is 48.5 Å². The lowest BCUT2D eigenvalue weighted by Gasteiger charge is -2.22. The predicted octanol–water partition coefficient (Wildman–Crippen LogP) is 4.17. The van der Waals surface area contributed by atoms with E-state index in [9.17, 15) is 4.79 Å². The fourth-order valence-corrected chi connectivity index (χ4v) is 3.53. The van der Waals surface area contributed by atoms with Gasteiger partial charge in [0.1, 0.15) is 18.5 Å². The summed E-state index contributed by atoms with van der Waals surface area (Å²) in [5.74, 6) is 0.646. The van der Waals surface area contributed by atoms with E-state index in [1.54, 1.807) is 0 Å². The maximum absolute atomic E-state index is 11.2. The van der Waals surface area contributed by atoms with Gasteiger partial charge >= 0.3 is 5.97 Å². The fraction of sp³-hybridized carbons (Fsp3) is 0.286. The number of aromatic amines is 1. The van der Waals surface area contributed by atoms with Crippen molar-refractivity contribution in [3.8, 4) is 5.75 Å². The minimum atomic E-state index is -0.208. The molecule has 128 valence electrons. The van der Waals surface area contributed by atoms with Crippen molar-refractivity contribution in [3.63, 3.8) is 0 Å². The van der Waals surface area contributed by atoms with E-state index < -0.39 is 0 Å². The van der Waals surface area contributed by atoms with Crippen molar-refractivity contribution < 1.29 is 14.3 Å². The molecule has 1 aromatic heterocycles. The van der Waals surface area contributed by atoms with E-state index in [4.69, 9.17) is 9.47 Å². The Bertz CT molecular complexity index is 898. The quantitative estimate of drug-likeness (QED) is 0.728. The molecule has 0 fully saturated rings. The lowest BCUT2D eigenvalue weighted by Crippen LogP contribution is -2.24. The highest BCUT2D eigenvalue weighted by Crippen LogP contribution is 2.32. The molecule has 0 saturated carbocycles. The van der Waals surface area contributed by atoms with E-state index in [1.165, 1.54) is 18.2 Å². The molecule has 1 heterocycles. The van der Waals surface area contributed by atoms with E-state index in [1.807, 2.05) is 24.3 Å². The van der Waals surface area contributed by atoms with E-state index in [0.717, 1.165) is 41.5 Å². The highest BCUT2D eigenvalue weighted by atomic mass is 16.5. The fourth-order valence-electron chi connectivity index (χ4n) is 3.53. The third kappa shape index (κ3) is 3.38. The zero-order valence-corrected chi connectivity index (χ0v) is 14.2. The Kier molecular flexibility index (Phi) is 4.18. The van der Waals surface area contributed by atoms with Crippen LogP contribution in [0.1, 0.15) is 30.2 Å². The lowest BCUT2D eigenvalue weighted by atomic mass is 9.93. The Morgan fingerprint density at radius 1 is 1.20 bits per heavy atom. The van der Waals surface area contributed by atoms with Crippen LogP contribution in [-0.2, 0) is 29.0 Å². The summed E-state index contributed by atoms with van der Waals surface area (Å²) in [6, 6.07) is 16.3. The van der Waals surface area contributed by atoms with Crippen LogP contribution in [0.5, 0.6) is 5.75 Å². The monoisotopic (exact) mass is 335 g/mol. The smallest absolute Gasteiger partial charge is 0.302 e. The van der Waals surface area contributed by atoms with E-state index in [2.05, 4.69) is 29.2 Å². The van der Waals surface area contributed by atoms with Gasteiger partial charge < -0.3 is 14.5 Å². The van der Waals surface area contributed by atoms with Gasteiger partial charge in [-0.3, -0.25) is 4.79 Å². The molecule has 0 spiro atoms. The average molecular weight is 335 g/mol. The van der Waals surface area contributed by atoms with Gasteiger partial charge in [-0.15, -0.1) is 0 Å². The van der Waals surface area contributed by atoms with Crippen molar-refractivity contribution in [2.75, 3.05) is 0 Å². The van der Waals surface area contributed by atoms with Gasteiger partial charge in [-0.05, 0) is 42.2 Å². The van der Waals surface area contributed by atoms with Crippen molar-refractivity contribution in [2.24, 2.45) is 0 Å². The van der Waals surface area contributed by atoms with Gasteiger partial charge in [-0.25, -0.2) is 0 Å². The molecule has 0 unspecified atom stereocenters. The first-order valence-corrected chi connectivity index (χ1v) is 8.66. The number of aryl methyl sites for hydroxylation is 1. The number of ether oxygens (including phenoxy) is 2. The van der Waals surface area contributed by atoms with E-state index in [-0.39, 0.29) is 12.1 Å². The van der Waals surface area contributed by atoms with Gasteiger partial charge in [-0.1, -0.05) is 30.3 Å². The number of rotatable bonds is 4. The summed E-state index contributed by atoms with van der Waals surface area (Å²) in [7, 11) is 0. The van der Waals surface area contributed by atoms with Gasteiger partial charge in [0, 0.05) is 29.9 Å².